The molecule has 2 spiro atoms. The van der Waals surface area contributed by atoms with Crippen LogP contribution in [0, 0.1) is 22.7 Å². The lowest BCUT2D eigenvalue weighted by atomic mass is 9.33. The largest absolute Gasteiger partial charge is 0.504 e. The molecule has 1 aromatic carbocycles. The third kappa shape index (κ3) is 2.25. The number of phenolic OH excluding ortho intramolecular Hbond substituents is 1. The molecule has 4 saturated carbocycles. The fourth-order valence-corrected chi connectivity index (χ4v) is 9.82. The van der Waals surface area contributed by atoms with Crippen molar-refractivity contribution in [2.24, 2.45) is 22.7 Å². The van der Waals surface area contributed by atoms with E-state index in [0.717, 1.165) is 43.8 Å². The van der Waals surface area contributed by atoms with Gasteiger partial charge in [-0.1, -0.05) is 26.8 Å². The van der Waals surface area contributed by atoms with Crippen LogP contribution in [0.15, 0.2) is 12.1 Å². The molecule has 0 amide bonds. The van der Waals surface area contributed by atoms with Gasteiger partial charge >= 0.3 is 0 Å². The zero-order valence-corrected chi connectivity index (χ0v) is 21.5. The summed E-state index contributed by atoms with van der Waals surface area (Å²) in [5, 5.41) is 23.2. The van der Waals surface area contributed by atoms with Gasteiger partial charge in [0.05, 0.1) is 30.1 Å². The lowest BCUT2D eigenvalue weighted by molar-refractivity contribution is -0.945. The van der Waals surface area contributed by atoms with Gasteiger partial charge in [-0.2, -0.15) is 0 Å². The lowest BCUT2D eigenvalue weighted by Gasteiger charge is -2.74. The SMILES string of the molecule is COC12CC[C@@]3(C[C@@H]1[C@](C)(O)C(C)(C)C)[C@H]1Cc4ccc(O)c5c4[C@@]3(CC[NH+]1CC1CC1)[C@H]2O5. The standard InChI is InChI=1S/C29H41NO4/c1-25(2,3)26(4,32)20-15-27-10-11-29(20,33-5)24-28(27)12-13-30(16-17-6-7-17)21(27)14-18-8-9-19(31)23(34-24)22(18)28/h8-9,17,20-21,24,31-32H,6-7,10-16H2,1-5H3/p+1/t20-,21-,24-,26+,27-,28+,29?/m1/s1. The first-order chi connectivity index (χ1) is 16.0. The molecule has 2 unspecified atom stereocenters. The molecule has 5 heteroatoms. The van der Waals surface area contributed by atoms with Gasteiger partial charge in [-0.15, -0.1) is 0 Å². The van der Waals surface area contributed by atoms with Gasteiger partial charge < -0.3 is 24.6 Å². The molecule has 1 aromatic rings. The first-order valence-corrected chi connectivity index (χ1v) is 13.7. The van der Waals surface area contributed by atoms with E-state index in [1.807, 2.05) is 20.1 Å². The Labute approximate surface area is 203 Å². The minimum atomic E-state index is -0.899. The molecule has 186 valence electrons. The van der Waals surface area contributed by atoms with Crippen LogP contribution in [0.25, 0.3) is 0 Å². The van der Waals surface area contributed by atoms with Gasteiger partial charge in [0.1, 0.15) is 11.7 Å². The highest BCUT2D eigenvalue weighted by Gasteiger charge is 2.83. The lowest BCUT2D eigenvalue weighted by Crippen LogP contribution is -3.21. The Morgan fingerprint density at radius 3 is 2.59 bits per heavy atom. The van der Waals surface area contributed by atoms with Gasteiger partial charge in [-0.05, 0) is 56.1 Å². The van der Waals surface area contributed by atoms with Crippen LogP contribution in [-0.4, -0.2) is 53.8 Å². The number of aliphatic hydroxyl groups is 1. The summed E-state index contributed by atoms with van der Waals surface area (Å²) in [6.07, 6.45) is 7.82. The number of hydrogen-bond donors (Lipinski definition) is 3. The molecule has 0 aromatic heterocycles. The summed E-state index contributed by atoms with van der Waals surface area (Å²) in [5.74, 6) is 1.87. The third-order valence-corrected chi connectivity index (χ3v) is 12.1. The minimum absolute atomic E-state index is 0.0161. The predicted molar refractivity (Wildman–Crippen MR) is 129 cm³/mol. The van der Waals surface area contributed by atoms with Crippen molar-refractivity contribution in [2.45, 2.75) is 101 Å². The van der Waals surface area contributed by atoms with E-state index >= 15 is 0 Å². The third-order valence-electron chi connectivity index (χ3n) is 12.1. The highest BCUT2D eigenvalue weighted by molar-refractivity contribution is 5.63. The van der Waals surface area contributed by atoms with Crippen molar-refractivity contribution in [1.82, 2.24) is 0 Å². The maximum atomic E-state index is 12.2. The number of phenols is 1. The van der Waals surface area contributed by atoms with Gasteiger partial charge in [0.15, 0.2) is 11.5 Å². The molecule has 8 atom stereocenters. The Kier molecular flexibility index (Phi) is 4.08. The number of benzene rings is 1. The molecule has 7 aliphatic rings. The highest BCUT2D eigenvalue weighted by atomic mass is 16.6. The molecule has 8 rings (SSSR count). The number of nitrogens with one attached hydrogen (secondary N) is 1. The van der Waals surface area contributed by atoms with Gasteiger partial charge in [0, 0.05) is 42.8 Å². The van der Waals surface area contributed by atoms with E-state index in [1.165, 1.54) is 37.1 Å². The molecule has 2 heterocycles. The Balaban J connectivity index is 1.47. The maximum Gasteiger partial charge on any atom is 0.165 e. The average molecular weight is 469 g/mol. The smallest absolute Gasteiger partial charge is 0.165 e. The summed E-state index contributed by atoms with van der Waals surface area (Å²) in [7, 11) is 1.83. The molecule has 3 N–H and O–H groups in total. The molecule has 2 aliphatic heterocycles. The average Bonchev–Trinajstić information content (AvgIpc) is 3.53. The van der Waals surface area contributed by atoms with Gasteiger partial charge in [0.25, 0.3) is 0 Å². The van der Waals surface area contributed by atoms with E-state index in [1.54, 1.807) is 4.90 Å². The van der Waals surface area contributed by atoms with E-state index in [9.17, 15) is 10.2 Å². The minimum Gasteiger partial charge on any atom is -0.504 e. The first-order valence-electron chi connectivity index (χ1n) is 13.7. The molecule has 4 bridgehead atoms. The topological polar surface area (TPSA) is 63.4 Å². The Bertz CT molecular complexity index is 1060. The zero-order valence-electron chi connectivity index (χ0n) is 21.5. The zero-order chi connectivity index (χ0) is 23.9. The second-order valence-electron chi connectivity index (χ2n) is 13.9. The quantitative estimate of drug-likeness (QED) is 0.636. The van der Waals surface area contributed by atoms with E-state index in [4.69, 9.17) is 9.47 Å². The van der Waals surface area contributed by atoms with Crippen LogP contribution in [0.4, 0.5) is 0 Å². The summed E-state index contributed by atoms with van der Waals surface area (Å²) >= 11 is 0. The molecule has 0 radical (unpaired) electrons. The van der Waals surface area contributed by atoms with Crippen LogP contribution >= 0.6 is 0 Å². The normalized spacial score (nSPS) is 45.5. The Morgan fingerprint density at radius 1 is 1.15 bits per heavy atom. The number of methoxy groups -OCH3 is 1. The van der Waals surface area contributed by atoms with Crippen molar-refractivity contribution in [1.29, 1.82) is 0 Å². The molecule has 1 saturated heterocycles. The van der Waals surface area contributed by atoms with Crippen molar-refractivity contribution in [3.8, 4) is 11.5 Å². The second-order valence-corrected chi connectivity index (χ2v) is 13.9. The van der Waals surface area contributed by atoms with Crippen LogP contribution in [0.3, 0.4) is 0 Å². The number of fused-ring (bicyclic) bond motifs is 2. The molecule has 5 aliphatic carbocycles. The summed E-state index contributed by atoms with van der Waals surface area (Å²) in [6, 6.07) is 4.57. The van der Waals surface area contributed by atoms with Crippen LogP contribution in [0.5, 0.6) is 11.5 Å². The number of quaternary nitrogens is 1. The van der Waals surface area contributed by atoms with E-state index < -0.39 is 11.2 Å². The van der Waals surface area contributed by atoms with Gasteiger partial charge in [-0.3, -0.25) is 0 Å². The molecular formula is C29H42NO4+. The Hall–Kier alpha value is -1.30. The molecule has 5 nitrogen and oxygen atoms in total. The number of rotatable bonds is 4. The summed E-state index contributed by atoms with van der Waals surface area (Å²) in [4.78, 5) is 1.79. The number of likely N-dealkylation sites (tertiary alicyclic amines) is 1. The maximum absolute atomic E-state index is 12.2. The monoisotopic (exact) mass is 468 g/mol. The van der Waals surface area contributed by atoms with Crippen LogP contribution < -0.4 is 9.64 Å². The van der Waals surface area contributed by atoms with Crippen molar-refractivity contribution in [3.63, 3.8) is 0 Å². The van der Waals surface area contributed by atoms with Crippen molar-refractivity contribution < 1.29 is 24.6 Å². The number of ether oxygens (including phenoxy) is 2. The highest BCUT2D eigenvalue weighted by Crippen LogP contribution is 2.76. The number of hydrogen-bond acceptors (Lipinski definition) is 4. The summed E-state index contributed by atoms with van der Waals surface area (Å²) in [5.41, 5.74) is 0.900. The van der Waals surface area contributed by atoms with Crippen molar-refractivity contribution >= 4 is 0 Å². The Morgan fingerprint density at radius 2 is 1.91 bits per heavy atom. The number of aromatic hydroxyl groups is 1. The fourth-order valence-electron chi connectivity index (χ4n) is 9.82. The molecule has 34 heavy (non-hydrogen) atoms. The van der Waals surface area contributed by atoms with Crippen LogP contribution in [-0.2, 0) is 16.6 Å². The second kappa shape index (κ2) is 6.33. The van der Waals surface area contributed by atoms with Gasteiger partial charge in [-0.25, -0.2) is 0 Å². The molecular weight excluding hydrogens is 426 g/mol. The molecule has 5 fully saturated rings. The van der Waals surface area contributed by atoms with E-state index in [0.29, 0.717) is 6.04 Å². The predicted octanol–water partition coefficient (Wildman–Crippen LogP) is 3.00. The van der Waals surface area contributed by atoms with Crippen molar-refractivity contribution in [2.75, 3.05) is 20.2 Å². The van der Waals surface area contributed by atoms with Gasteiger partial charge in [0.2, 0.25) is 0 Å². The number of piperidine rings is 1. The van der Waals surface area contributed by atoms with E-state index in [2.05, 4.69) is 26.8 Å². The van der Waals surface area contributed by atoms with E-state index in [-0.39, 0.29) is 34.0 Å². The summed E-state index contributed by atoms with van der Waals surface area (Å²) < 4.78 is 13.5. The fraction of sp³-hybridized carbons (Fsp3) is 0.793. The van der Waals surface area contributed by atoms with Crippen LogP contribution in [0.1, 0.15) is 77.3 Å². The summed E-state index contributed by atoms with van der Waals surface area (Å²) in [6.45, 7) is 11.0. The first kappa shape index (κ1) is 21.9. The van der Waals surface area contributed by atoms with Crippen LogP contribution in [0.2, 0.25) is 0 Å². The van der Waals surface area contributed by atoms with Crippen molar-refractivity contribution in [3.05, 3.63) is 23.3 Å².